The van der Waals surface area contributed by atoms with Crippen LogP contribution in [-0.4, -0.2) is 0 Å². The molecule has 0 spiro atoms. The highest BCUT2D eigenvalue weighted by Gasteiger charge is 2.35. The molecule has 0 aliphatic heterocycles. The molecule has 0 heteroatoms. The Labute approximate surface area is 411 Å². The van der Waals surface area contributed by atoms with Gasteiger partial charge >= 0.3 is 0 Å². The molecule has 2 aliphatic carbocycles. The Morgan fingerprint density at radius 3 is 0.806 bits per heavy atom. The van der Waals surface area contributed by atoms with Crippen molar-refractivity contribution in [3.63, 3.8) is 0 Å². The van der Waals surface area contributed by atoms with Crippen LogP contribution in [0.2, 0.25) is 0 Å². The first kappa shape index (κ1) is 58.9. The summed E-state index contributed by atoms with van der Waals surface area (Å²) in [5, 5.41) is 0. The van der Waals surface area contributed by atoms with Crippen molar-refractivity contribution in [3.05, 3.63) is 262 Å². The Morgan fingerprint density at radius 2 is 0.552 bits per heavy atom. The number of rotatable bonds is 2. The smallest absolute Gasteiger partial charge is 0.0202 e. The molecule has 9 rings (SSSR count). The second kappa shape index (κ2) is 39.0. The van der Waals surface area contributed by atoms with E-state index in [0.29, 0.717) is 0 Å². The lowest BCUT2D eigenvalue weighted by molar-refractivity contribution is 0.346. The number of aryl methyl sites for hydroxylation is 7. The molecular weight excluding hydrogens is 805 g/mol. The molecule has 0 N–H and O–H groups in total. The maximum atomic E-state index is 4.00. The Kier molecular flexibility index (Phi) is 34.3. The van der Waals surface area contributed by atoms with Crippen molar-refractivity contribution < 1.29 is 0 Å². The van der Waals surface area contributed by atoms with E-state index in [9.17, 15) is 0 Å². The quantitative estimate of drug-likeness (QED) is 0.120. The fourth-order valence-electron chi connectivity index (χ4n) is 7.50. The molecule has 2 aliphatic rings. The summed E-state index contributed by atoms with van der Waals surface area (Å²) in [5.41, 5.74) is 12.6. The standard InChI is InChI=1S/C18H20.3C8H10.C7H8.C6H12.C6H6.C4H8.C2H2/c1-4-10-16(11-5-1)18(14-8-3-9-15-18)17-12-6-2-7-13-17;1-7-3-5-8(2)6-4-7;1-7-4-3-5-8(2)6-7;1-7-5-3-4-6-8(7)2;1-7-5-3-2-4-6-7;2*1-2-4-6-5-3-1;1-3-4-2;1-2/h1-2,4-7,10-13H,3,8-9,14-15H2;3*3-6H,1-2H3;2-6H,1H3;1-6H2;1-6H;3-4H,1-2H3;1-2H/b;;;;;;;4-3+;. The SMILES string of the molecule is C#C.C/C=C/C.C1CCCCC1.Cc1ccc(C)cc1.Cc1cccc(C)c1.Cc1ccccc1.Cc1ccccc1C.c1ccc(C2(c3ccccc3)CCCCC2)cc1.c1ccccc1. The fourth-order valence-corrected chi connectivity index (χ4v) is 7.50. The van der Waals surface area contributed by atoms with Crippen LogP contribution in [0.15, 0.2) is 212 Å². The zero-order valence-corrected chi connectivity index (χ0v) is 43.1. The van der Waals surface area contributed by atoms with Gasteiger partial charge in [-0.25, -0.2) is 0 Å². The number of hydrogen-bond donors (Lipinski definition) is 0. The Hall–Kier alpha value is -6.16. The first-order valence-electron chi connectivity index (χ1n) is 24.7. The van der Waals surface area contributed by atoms with Crippen LogP contribution in [-0.2, 0) is 5.41 Å². The number of terminal acetylenes is 1. The molecule has 0 amide bonds. The van der Waals surface area contributed by atoms with Crippen molar-refractivity contribution in [2.45, 2.75) is 138 Å². The minimum absolute atomic E-state index is 0.265. The van der Waals surface area contributed by atoms with Crippen molar-refractivity contribution in [1.82, 2.24) is 0 Å². The topological polar surface area (TPSA) is 0 Å². The molecule has 0 unspecified atom stereocenters. The van der Waals surface area contributed by atoms with Gasteiger partial charge in [-0.1, -0.05) is 298 Å². The molecule has 0 saturated heterocycles. The summed E-state index contributed by atoms with van der Waals surface area (Å²) in [4.78, 5) is 0. The van der Waals surface area contributed by atoms with E-state index in [2.05, 4.69) is 207 Å². The first-order chi connectivity index (χ1) is 32.6. The van der Waals surface area contributed by atoms with Gasteiger partial charge in [0.2, 0.25) is 0 Å². The van der Waals surface area contributed by atoms with Crippen molar-refractivity contribution in [2.24, 2.45) is 0 Å². The molecule has 0 aromatic heterocycles. The van der Waals surface area contributed by atoms with Crippen LogP contribution in [0.4, 0.5) is 0 Å². The third-order valence-electron chi connectivity index (χ3n) is 11.6. The summed E-state index contributed by atoms with van der Waals surface area (Å²) in [6, 6.07) is 69.7. The van der Waals surface area contributed by atoms with Crippen LogP contribution in [0, 0.1) is 61.3 Å². The van der Waals surface area contributed by atoms with E-state index in [-0.39, 0.29) is 5.41 Å². The van der Waals surface area contributed by atoms with Gasteiger partial charge in [0.15, 0.2) is 0 Å². The summed E-state index contributed by atoms with van der Waals surface area (Å²) >= 11 is 0. The van der Waals surface area contributed by atoms with Crippen LogP contribution in [0.1, 0.15) is 135 Å². The molecule has 7 aromatic carbocycles. The molecule has 67 heavy (non-hydrogen) atoms. The van der Waals surface area contributed by atoms with E-state index in [1.54, 1.807) is 0 Å². The van der Waals surface area contributed by atoms with E-state index in [1.165, 1.54) is 121 Å². The molecule has 0 atom stereocenters. The van der Waals surface area contributed by atoms with Gasteiger partial charge in [0.1, 0.15) is 0 Å². The molecule has 354 valence electrons. The van der Waals surface area contributed by atoms with Crippen molar-refractivity contribution in [1.29, 1.82) is 0 Å². The molecule has 0 radical (unpaired) electrons. The Bertz CT molecular complexity index is 2040. The van der Waals surface area contributed by atoms with Gasteiger partial charge in [0, 0.05) is 5.41 Å². The van der Waals surface area contributed by atoms with Gasteiger partial charge in [0.25, 0.3) is 0 Å². The normalized spacial score (nSPS) is 12.6. The predicted molar refractivity (Wildman–Crippen MR) is 300 cm³/mol. The summed E-state index contributed by atoms with van der Waals surface area (Å²) < 4.78 is 0. The largest absolute Gasteiger partial charge is 0.124 e. The van der Waals surface area contributed by atoms with Gasteiger partial charge in [-0.3, -0.25) is 0 Å². The zero-order chi connectivity index (χ0) is 49.2. The average Bonchev–Trinajstić information content (AvgIpc) is 3.39. The summed E-state index contributed by atoms with van der Waals surface area (Å²) in [7, 11) is 0. The number of benzene rings is 7. The van der Waals surface area contributed by atoms with Gasteiger partial charge < -0.3 is 0 Å². The van der Waals surface area contributed by atoms with Crippen molar-refractivity contribution in [3.8, 4) is 12.8 Å². The van der Waals surface area contributed by atoms with Crippen LogP contribution >= 0.6 is 0 Å². The average molecular weight is 891 g/mol. The third-order valence-corrected chi connectivity index (χ3v) is 11.6. The molecule has 2 saturated carbocycles. The highest BCUT2D eigenvalue weighted by atomic mass is 14.4. The minimum atomic E-state index is 0.265. The Balaban J connectivity index is 0.000000399. The van der Waals surface area contributed by atoms with E-state index in [1.807, 2.05) is 80.6 Å². The summed E-state index contributed by atoms with van der Waals surface area (Å²) in [6.07, 6.45) is 27.7. The predicted octanol–water partition coefficient (Wildman–Crippen LogP) is 19.7. The van der Waals surface area contributed by atoms with Crippen molar-refractivity contribution in [2.75, 3.05) is 0 Å². The lowest BCUT2D eigenvalue weighted by Gasteiger charge is -2.38. The fraction of sp³-hybridized carbons (Fsp3) is 0.313. The zero-order valence-electron chi connectivity index (χ0n) is 43.1. The first-order valence-corrected chi connectivity index (χ1v) is 24.7. The summed E-state index contributed by atoms with van der Waals surface area (Å²) in [5.74, 6) is 0. The van der Waals surface area contributed by atoms with E-state index in [4.69, 9.17) is 0 Å². The molecular formula is C67H86. The van der Waals surface area contributed by atoms with Gasteiger partial charge in [-0.05, 0) is 97.4 Å². The molecule has 2 fully saturated rings. The lowest BCUT2D eigenvalue weighted by atomic mass is 9.65. The van der Waals surface area contributed by atoms with Gasteiger partial charge in [0.05, 0.1) is 0 Å². The van der Waals surface area contributed by atoms with Gasteiger partial charge in [-0.15, -0.1) is 12.8 Å². The third kappa shape index (κ3) is 28.5. The van der Waals surface area contributed by atoms with E-state index in [0.717, 1.165) is 0 Å². The lowest BCUT2D eigenvalue weighted by Crippen LogP contribution is -2.30. The van der Waals surface area contributed by atoms with Gasteiger partial charge in [-0.2, -0.15) is 0 Å². The van der Waals surface area contributed by atoms with E-state index < -0.39 is 0 Å². The molecule has 0 heterocycles. The van der Waals surface area contributed by atoms with Crippen LogP contribution < -0.4 is 0 Å². The van der Waals surface area contributed by atoms with Crippen LogP contribution in [0.25, 0.3) is 0 Å². The molecule has 0 nitrogen and oxygen atoms in total. The monoisotopic (exact) mass is 891 g/mol. The molecule has 0 bridgehead atoms. The number of hydrogen-bond acceptors (Lipinski definition) is 0. The van der Waals surface area contributed by atoms with Crippen LogP contribution in [0.5, 0.6) is 0 Å². The van der Waals surface area contributed by atoms with E-state index >= 15 is 0 Å². The maximum Gasteiger partial charge on any atom is 0.0202 e. The molecule has 7 aromatic rings. The second-order valence-corrected chi connectivity index (χ2v) is 17.4. The summed E-state index contributed by atoms with van der Waals surface area (Å²) in [6.45, 7) is 18.7. The maximum absolute atomic E-state index is 4.00. The van der Waals surface area contributed by atoms with Crippen LogP contribution in [0.3, 0.4) is 0 Å². The Morgan fingerprint density at radius 1 is 0.299 bits per heavy atom. The minimum Gasteiger partial charge on any atom is -0.124 e. The second-order valence-electron chi connectivity index (χ2n) is 17.4. The highest BCUT2D eigenvalue weighted by molar-refractivity contribution is 5.39. The number of allylic oxidation sites excluding steroid dienone is 2. The highest BCUT2D eigenvalue weighted by Crippen LogP contribution is 2.44. The van der Waals surface area contributed by atoms with Crippen molar-refractivity contribution >= 4 is 0 Å².